The van der Waals surface area contributed by atoms with Gasteiger partial charge in [-0.05, 0) is 55.0 Å². The van der Waals surface area contributed by atoms with E-state index < -0.39 is 0 Å². The van der Waals surface area contributed by atoms with Gasteiger partial charge in [-0.1, -0.05) is 52.3 Å². The van der Waals surface area contributed by atoms with Crippen molar-refractivity contribution in [3.8, 4) is 0 Å². The molecule has 0 aliphatic rings. The Morgan fingerprint density at radius 3 is 2.59 bits per heavy atom. The zero-order chi connectivity index (χ0) is 20.2. The van der Waals surface area contributed by atoms with Gasteiger partial charge in [0.2, 0.25) is 0 Å². The number of nitrogens with one attached hydrogen (secondary N) is 1. The number of benzene rings is 2. The minimum absolute atomic E-state index is 0.159. The Morgan fingerprint density at radius 1 is 1.03 bits per heavy atom. The van der Waals surface area contributed by atoms with Crippen molar-refractivity contribution in [2.24, 2.45) is 0 Å². The van der Waals surface area contributed by atoms with E-state index in [9.17, 15) is 4.79 Å². The molecule has 0 saturated carbocycles. The van der Waals surface area contributed by atoms with E-state index in [0.717, 1.165) is 26.9 Å². The van der Waals surface area contributed by atoms with Crippen molar-refractivity contribution in [1.29, 1.82) is 0 Å². The first kappa shape index (κ1) is 19.3. The van der Waals surface area contributed by atoms with Crippen LogP contribution in [0.1, 0.15) is 34.6 Å². The van der Waals surface area contributed by atoms with Gasteiger partial charge in [-0.2, -0.15) is 0 Å². The molecule has 0 unspecified atom stereocenters. The predicted molar refractivity (Wildman–Crippen MR) is 119 cm³/mol. The summed E-state index contributed by atoms with van der Waals surface area (Å²) in [5.41, 5.74) is 4.45. The molecule has 2 aromatic heterocycles. The number of pyridine rings is 1. The number of fused-ring (bicyclic) bond motifs is 1. The van der Waals surface area contributed by atoms with Gasteiger partial charge in [-0.15, -0.1) is 0 Å². The maximum atomic E-state index is 12.6. The second-order valence-electron chi connectivity index (χ2n) is 6.66. The molecule has 0 aliphatic carbocycles. The fraction of sp³-hybridized carbons (Fsp3) is 0.125. The molecule has 0 saturated heterocycles. The van der Waals surface area contributed by atoms with Gasteiger partial charge in [0.15, 0.2) is 0 Å². The van der Waals surface area contributed by atoms with Gasteiger partial charge < -0.3 is 14.5 Å². The summed E-state index contributed by atoms with van der Waals surface area (Å²) < 4.78 is 8.34. The third-order valence-corrected chi connectivity index (χ3v) is 5.26. The van der Waals surface area contributed by atoms with E-state index in [0.29, 0.717) is 12.2 Å². The van der Waals surface area contributed by atoms with Crippen molar-refractivity contribution in [3.05, 3.63) is 106 Å². The van der Waals surface area contributed by atoms with Crippen molar-refractivity contribution in [3.63, 3.8) is 0 Å². The molecule has 0 bridgehead atoms. The molecule has 4 rings (SSSR count). The van der Waals surface area contributed by atoms with Crippen LogP contribution in [-0.4, -0.2) is 17.0 Å². The summed E-state index contributed by atoms with van der Waals surface area (Å²) in [5, 5.41) is 3.62. The van der Waals surface area contributed by atoms with Crippen LogP contribution in [-0.2, 0) is 4.74 Å². The molecule has 0 fully saturated rings. The lowest BCUT2D eigenvalue weighted by atomic mass is 10.0. The van der Waals surface area contributed by atoms with E-state index in [-0.39, 0.29) is 12.0 Å². The summed E-state index contributed by atoms with van der Waals surface area (Å²) >= 11 is 3.58. The van der Waals surface area contributed by atoms with Crippen LogP contribution in [0.2, 0.25) is 0 Å². The van der Waals surface area contributed by atoms with Crippen LogP contribution in [0.4, 0.5) is 5.69 Å². The average Bonchev–Trinajstić information content (AvgIpc) is 3.13. The number of esters is 1. The number of ether oxygens (including phenoxy) is 1. The van der Waals surface area contributed by atoms with Crippen molar-refractivity contribution < 1.29 is 9.53 Å². The number of carbonyl (C=O) groups excluding carboxylic acids is 1. The van der Waals surface area contributed by atoms with E-state index in [4.69, 9.17) is 4.74 Å². The summed E-state index contributed by atoms with van der Waals surface area (Å²) in [6.45, 7) is 2.16. The number of aromatic nitrogens is 1. The molecule has 5 heteroatoms. The van der Waals surface area contributed by atoms with Crippen LogP contribution >= 0.6 is 15.9 Å². The first-order valence-corrected chi connectivity index (χ1v) is 10.3. The standard InChI is InChI=1S/C24H21BrN2O2/c1-2-29-24(28)20-16-22(27-14-7-6-13-21(20)27)23(17-9-8-10-18(25)15-17)26-19-11-4-3-5-12-19/h3-16,23,26H,2H2,1H3/t23-/m0/s1. The molecular formula is C24H21BrN2O2. The summed E-state index contributed by atoms with van der Waals surface area (Å²) in [6, 6.07) is 25.9. The van der Waals surface area contributed by atoms with Crippen LogP contribution in [0.15, 0.2) is 89.5 Å². The smallest absolute Gasteiger partial charge is 0.340 e. The Morgan fingerprint density at radius 2 is 1.83 bits per heavy atom. The lowest BCUT2D eigenvalue weighted by Gasteiger charge is -2.21. The number of nitrogens with zero attached hydrogens (tertiary/aromatic N) is 1. The number of hydrogen-bond acceptors (Lipinski definition) is 3. The molecule has 146 valence electrons. The highest BCUT2D eigenvalue weighted by molar-refractivity contribution is 9.10. The first-order valence-electron chi connectivity index (χ1n) is 9.51. The third kappa shape index (κ3) is 4.05. The largest absolute Gasteiger partial charge is 0.462 e. The van der Waals surface area contributed by atoms with Crippen molar-refractivity contribution in [2.75, 3.05) is 11.9 Å². The van der Waals surface area contributed by atoms with Gasteiger partial charge in [0, 0.05) is 16.4 Å². The molecule has 0 spiro atoms. The lowest BCUT2D eigenvalue weighted by Crippen LogP contribution is -2.14. The van der Waals surface area contributed by atoms with E-state index in [2.05, 4.69) is 33.4 Å². The molecule has 0 amide bonds. The minimum atomic E-state index is -0.310. The monoisotopic (exact) mass is 448 g/mol. The molecule has 2 aromatic carbocycles. The molecule has 0 radical (unpaired) electrons. The van der Waals surface area contributed by atoms with Crippen LogP contribution in [0.25, 0.3) is 5.52 Å². The van der Waals surface area contributed by atoms with Gasteiger partial charge in [0.1, 0.15) is 0 Å². The van der Waals surface area contributed by atoms with Gasteiger partial charge in [-0.3, -0.25) is 0 Å². The van der Waals surface area contributed by atoms with Crippen molar-refractivity contribution >= 4 is 33.1 Å². The fourth-order valence-electron chi connectivity index (χ4n) is 3.49. The molecule has 4 aromatic rings. The molecule has 0 aliphatic heterocycles. The van der Waals surface area contributed by atoms with E-state index in [1.54, 1.807) is 0 Å². The number of anilines is 1. The zero-order valence-electron chi connectivity index (χ0n) is 16.0. The van der Waals surface area contributed by atoms with Crippen molar-refractivity contribution in [2.45, 2.75) is 13.0 Å². The minimum Gasteiger partial charge on any atom is -0.462 e. The maximum absolute atomic E-state index is 12.6. The summed E-state index contributed by atoms with van der Waals surface area (Å²) in [5.74, 6) is -0.310. The average molecular weight is 449 g/mol. The number of hydrogen-bond donors (Lipinski definition) is 1. The third-order valence-electron chi connectivity index (χ3n) is 4.76. The summed E-state index contributed by atoms with van der Waals surface area (Å²) in [6.07, 6.45) is 1.98. The Labute approximate surface area is 178 Å². The number of halogens is 1. The highest BCUT2D eigenvalue weighted by atomic mass is 79.9. The number of carbonyl (C=O) groups is 1. The van der Waals surface area contributed by atoms with Crippen LogP contribution in [0.5, 0.6) is 0 Å². The normalized spacial score (nSPS) is 11.9. The highest BCUT2D eigenvalue weighted by Gasteiger charge is 2.23. The fourth-order valence-corrected chi connectivity index (χ4v) is 3.91. The molecule has 1 N–H and O–H groups in total. The van der Waals surface area contributed by atoms with Crippen LogP contribution in [0, 0.1) is 0 Å². The summed E-state index contributed by atoms with van der Waals surface area (Å²) in [4.78, 5) is 12.6. The zero-order valence-corrected chi connectivity index (χ0v) is 17.6. The molecule has 2 heterocycles. The first-order chi connectivity index (χ1) is 14.2. The van der Waals surface area contributed by atoms with E-state index in [1.165, 1.54) is 0 Å². The topological polar surface area (TPSA) is 42.7 Å². The van der Waals surface area contributed by atoms with Gasteiger partial charge >= 0.3 is 5.97 Å². The quantitative estimate of drug-likeness (QED) is 0.363. The predicted octanol–water partition coefficient (Wildman–Crippen LogP) is 6.08. The van der Waals surface area contributed by atoms with Crippen LogP contribution in [0.3, 0.4) is 0 Å². The Bertz CT molecular complexity index is 1140. The van der Waals surface area contributed by atoms with Crippen LogP contribution < -0.4 is 5.32 Å². The molecular weight excluding hydrogens is 428 g/mol. The van der Waals surface area contributed by atoms with Gasteiger partial charge in [0.05, 0.1) is 29.4 Å². The lowest BCUT2D eigenvalue weighted by molar-refractivity contribution is 0.0529. The second kappa shape index (κ2) is 8.53. The summed E-state index contributed by atoms with van der Waals surface area (Å²) in [7, 11) is 0. The highest BCUT2D eigenvalue weighted by Crippen LogP contribution is 2.31. The molecule has 1 atom stereocenters. The van der Waals surface area contributed by atoms with Gasteiger partial charge in [-0.25, -0.2) is 4.79 Å². The number of rotatable bonds is 6. The maximum Gasteiger partial charge on any atom is 0.340 e. The van der Waals surface area contributed by atoms with Gasteiger partial charge in [0.25, 0.3) is 0 Å². The second-order valence-corrected chi connectivity index (χ2v) is 7.57. The SMILES string of the molecule is CCOC(=O)c1cc([C@@H](Nc2ccccc2)c2cccc(Br)c2)n2ccccc12. The Hall–Kier alpha value is -3.05. The van der Waals surface area contributed by atoms with E-state index in [1.807, 2.05) is 84.3 Å². The Balaban J connectivity index is 1.88. The van der Waals surface area contributed by atoms with E-state index >= 15 is 0 Å². The molecule has 29 heavy (non-hydrogen) atoms. The number of para-hydroxylation sites is 1. The van der Waals surface area contributed by atoms with Crippen molar-refractivity contribution in [1.82, 2.24) is 4.40 Å². The Kier molecular flexibility index (Phi) is 5.67. The molecule has 4 nitrogen and oxygen atoms in total.